The lowest BCUT2D eigenvalue weighted by Gasteiger charge is -2.60. The number of nitrogens with zero attached hydrogens (tertiary/aromatic N) is 2. The Morgan fingerprint density at radius 3 is 1.19 bits per heavy atom. The molecule has 8 nitrogen and oxygen atoms in total. The fourth-order valence-electron chi connectivity index (χ4n) is 7.57. The molecule has 0 spiro atoms. The molecule has 2 saturated heterocycles. The topological polar surface area (TPSA) is 93.2 Å². The minimum atomic E-state index is -0.505. The third-order valence-electron chi connectivity index (χ3n) is 9.00. The lowest BCUT2D eigenvalue weighted by atomic mass is 9.40. The van der Waals surface area contributed by atoms with Crippen molar-refractivity contribution in [2.24, 2.45) is 47.3 Å². The molecule has 4 amide bonds. The molecule has 2 aliphatic heterocycles. The lowest BCUT2D eigenvalue weighted by Crippen LogP contribution is -2.63. The van der Waals surface area contributed by atoms with Gasteiger partial charge < -0.3 is 9.47 Å². The Hall–Kier alpha value is -3.94. The Morgan fingerprint density at radius 1 is 0.528 bits per heavy atom. The maximum Gasteiger partial charge on any atom is 0.238 e. The van der Waals surface area contributed by atoms with Crippen LogP contribution in [0.25, 0.3) is 0 Å². The molecule has 0 radical (unpaired) electrons. The van der Waals surface area contributed by atoms with Gasteiger partial charge in [0, 0.05) is 0 Å². The average Bonchev–Trinajstić information content (AvgIpc) is 3.28. The number of hydrogen-bond acceptors (Lipinski definition) is 6. The number of amides is 4. The first-order valence-corrected chi connectivity index (χ1v) is 12.2. The van der Waals surface area contributed by atoms with Gasteiger partial charge in [0.25, 0.3) is 0 Å². The van der Waals surface area contributed by atoms with Gasteiger partial charge in [-0.2, -0.15) is 0 Å². The number of benzene rings is 2. The minimum Gasteiger partial charge on any atom is -0.497 e. The van der Waals surface area contributed by atoms with E-state index in [0.29, 0.717) is 22.9 Å². The molecular formula is C28H24N2O6. The second kappa shape index (κ2) is 7.29. The quantitative estimate of drug-likeness (QED) is 0.489. The van der Waals surface area contributed by atoms with Crippen LogP contribution in [-0.2, 0) is 19.2 Å². The molecule has 8 rings (SSSR count). The zero-order chi connectivity index (χ0) is 24.9. The van der Waals surface area contributed by atoms with Gasteiger partial charge in [0.05, 0.1) is 49.3 Å². The Balaban J connectivity index is 1.22. The highest BCUT2D eigenvalue weighted by atomic mass is 16.5. The van der Waals surface area contributed by atoms with Crippen molar-refractivity contribution in [3.8, 4) is 11.5 Å². The summed E-state index contributed by atoms with van der Waals surface area (Å²) in [6.45, 7) is 0. The van der Waals surface area contributed by atoms with Crippen molar-refractivity contribution in [1.29, 1.82) is 0 Å². The standard InChI is InChI=1S/C28H24N2O6/c1-35-15-7-3-13(4-8-15)29-25(31)21-17-11-12-18(22(21)26(29)32)20-19(17)23-24(20)28(34)30(27(23)33)14-5-9-16(36-2)10-6-14/h3-12,17-24H,1-2H3/t17-,18+,19-,20+,21-,22+,23+,24-. The van der Waals surface area contributed by atoms with E-state index in [4.69, 9.17) is 9.47 Å². The van der Waals surface area contributed by atoms with Crippen molar-refractivity contribution in [3.05, 3.63) is 60.7 Å². The molecule has 0 unspecified atom stereocenters. The summed E-state index contributed by atoms with van der Waals surface area (Å²) in [5.41, 5.74) is 1.04. The summed E-state index contributed by atoms with van der Waals surface area (Å²) in [6, 6.07) is 13.8. The van der Waals surface area contributed by atoms with Gasteiger partial charge in [-0.1, -0.05) is 12.2 Å². The third-order valence-corrected chi connectivity index (χ3v) is 9.00. The van der Waals surface area contributed by atoms with Crippen LogP contribution >= 0.6 is 0 Å². The largest absolute Gasteiger partial charge is 0.497 e. The van der Waals surface area contributed by atoms with Crippen molar-refractivity contribution < 1.29 is 28.7 Å². The molecule has 6 aliphatic rings. The second-order valence-corrected chi connectivity index (χ2v) is 10.2. The van der Waals surface area contributed by atoms with Crippen LogP contribution < -0.4 is 19.3 Å². The Bertz CT molecular complexity index is 1290. The summed E-state index contributed by atoms with van der Waals surface area (Å²) in [4.78, 5) is 56.9. The van der Waals surface area contributed by atoms with Crippen LogP contribution in [-0.4, -0.2) is 37.8 Å². The molecule has 36 heavy (non-hydrogen) atoms. The molecule has 2 saturated carbocycles. The van der Waals surface area contributed by atoms with E-state index in [1.807, 2.05) is 12.2 Å². The number of anilines is 2. The molecule has 182 valence electrons. The number of methoxy groups -OCH3 is 2. The highest BCUT2D eigenvalue weighted by molar-refractivity contribution is 6.25. The molecule has 4 fully saturated rings. The van der Waals surface area contributed by atoms with Crippen molar-refractivity contribution in [3.63, 3.8) is 0 Å². The smallest absolute Gasteiger partial charge is 0.238 e. The Labute approximate surface area is 207 Å². The summed E-state index contributed by atoms with van der Waals surface area (Å²) in [7, 11) is 3.12. The molecule has 2 aromatic rings. The first-order chi connectivity index (χ1) is 17.5. The maximum atomic E-state index is 13.6. The van der Waals surface area contributed by atoms with E-state index < -0.39 is 23.7 Å². The lowest BCUT2D eigenvalue weighted by molar-refractivity contribution is -0.166. The van der Waals surface area contributed by atoms with Crippen LogP contribution in [0.3, 0.4) is 0 Å². The normalized spacial score (nSPS) is 35.5. The number of hydrogen-bond donors (Lipinski definition) is 0. The molecule has 2 heterocycles. The van der Waals surface area contributed by atoms with Gasteiger partial charge >= 0.3 is 0 Å². The monoisotopic (exact) mass is 484 g/mol. The first-order valence-electron chi connectivity index (χ1n) is 12.2. The van der Waals surface area contributed by atoms with Gasteiger partial charge in [0.1, 0.15) is 11.5 Å². The van der Waals surface area contributed by atoms with E-state index in [1.54, 1.807) is 62.8 Å². The van der Waals surface area contributed by atoms with E-state index in [1.165, 1.54) is 9.80 Å². The SMILES string of the molecule is COc1ccc(N2C(=O)[C@@H]3[C@@H]4C=C[C@H]([C@@H]3C2=O)[C@@H]2[C@H]3C(=O)N(c5ccc(OC)cc5)C(=O)[C@H]3[C@H]42)cc1. The summed E-state index contributed by atoms with van der Waals surface area (Å²) in [5.74, 6) is -2.21. The molecule has 4 aliphatic carbocycles. The van der Waals surface area contributed by atoms with Crippen molar-refractivity contribution in [2.45, 2.75) is 0 Å². The maximum absolute atomic E-state index is 13.6. The zero-order valence-corrected chi connectivity index (χ0v) is 19.7. The Morgan fingerprint density at radius 2 is 0.861 bits per heavy atom. The highest BCUT2D eigenvalue weighted by Crippen LogP contribution is 2.68. The molecule has 8 heteroatoms. The van der Waals surface area contributed by atoms with Gasteiger partial charge in [-0.25, -0.2) is 0 Å². The number of ether oxygens (including phenoxy) is 2. The van der Waals surface area contributed by atoms with Gasteiger partial charge in [0.15, 0.2) is 0 Å². The molecule has 8 atom stereocenters. The van der Waals surface area contributed by atoms with Crippen LogP contribution in [0.15, 0.2) is 60.7 Å². The van der Waals surface area contributed by atoms with Crippen molar-refractivity contribution in [2.75, 3.05) is 24.0 Å². The third kappa shape index (κ3) is 2.49. The van der Waals surface area contributed by atoms with E-state index >= 15 is 0 Å². The number of rotatable bonds is 4. The number of carbonyl (C=O) groups is 4. The fourth-order valence-corrected chi connectivity index (χ4v) is 7.57. The molecule has 0 aromatic heterocycles. The molecule has 2 bridgehead atoms. The summed E-state index contributed by atoms with van der Waals surface area (Å²) < 4.78 is 10.4. The van der Waals surface area contributed by atoms with Gasteiger partial charge in [-0.05, 0) is 72.2 Å². The van der Waals surface area contributed by atoms with E-state index in [-0.39, 0.29) is 47.3 Å². The first kappa shape index (κ1) is 21.4. The molecular weight excluding hydrogens is 460 g/mol. The van der Waals surface area contributed by atoms with Gasteiger partial charge in [-0.15, -0.1) is 0 Å². The van der Waals surface area contributed by atoms with Crippen LogP contribution in [0.2, 0.25) is 0 Å². The summed E-state index contributed by atoms with van der Waals surface area (Å²) >= 11 is 0. The van der Waals surface area contributed by atoms with E-state index in [2.05, 4.69) is 0 Å². The number of imide groups is 2. The zero-order valence-electron chi connectivity index (χ0n) is 19.7. The summed E-state index contributed by atoms with van der Waals surface area (Å²) in [5, 5.41) is 0. The van der Waals surface area contributed by atoms with Gasteiger partial charge in [-0.3, -0.25) is 29.0 Å². The van der Waals surface area contributed by atoms with Gasteiger partial charge in [0.2, 0.25) is 23.6 Å². The van der Waals surface area contributed by atoms with Crippen molar-refractivity contribution in [1.82, 2.24) is 0 Å². The second-order valence-electron chi connectivity index (χ2n) is 10.2. The van der Waals surface area contributed by atoms with Crippen LogP contribution in [0, 0.1) is 47.3 Å². The van der Waals surface area contributed by atoms with E-state index in [0.717, 1.165) is 0 Å². The average molecular weight is 485 g/mol. The van der Waals surface area contributed by atoms with Crippen molar-refractivity contribution >= 4 is 35.0 Å². The predicted octanol–water partition coefficient (Wildman–Crippen LogP) is 2.68. The minimum absolute atomic E-state index is 0.112. The fraction of sp³-hybridized carbons (Fsp3) is 0.357. The number of allylic oxidation sites excluding steroid dienone is 2. The van der Waals surface area contributed by atoms with Crippen LogP contribution in [0.1, 0.15) is 0 Å². The number of fused-ring (bicyclic) bond motifs is 1. The molecule has 2 aromatic carbocycles. The highest BCUT2D eigenvalue weighted by Gasteiger charge is 2.75. The summed E-state index contributed by atoms with van der Waals surface area (Å²) in [6.07, 6.45) is 4.03. The number of carbonyl (C=O) groups excluding carboxylic acids is 4. The predicted molar refractivity (Wildman–Crippen MR) is 128 cm³/mol. The van der Waals surface area contributed by atoms with E-state index in [9.17, 15) is 19.2 Å². The molecule has 0 N–H and O–H groups in total. The van der Waals surface area contributed by atoms with Crippen LogP contribution in [0.5, 0.6) is 11.5 Å². The van der Waals surface area contributed by atoms with Crippen LogP contribution in [0.4, 0.5) is 11.4 Å². The Kier molecular flexibility index (Phi) is 4.32.